The highest BCUT2D eigenvalue weighted by Crippen LogP contribution is 2.29. The number of imide groups is 1. The van der Waals surface area contributed by atoms with Crippen molar-refractivity contribution in [2.45, 2.75) is 39.7 Å². The van der Waals surface area contributed by atoms with E-state index in [2.05, 4.69) is 10.3 Å². The van der Waals surface area contributed by atoms with Crippen LogP contribution < -0.4 is 5.32 Å². The van der Waals surface area contributed by atoms with Crippen molar-refractivity contribution < 1.29 is 19.2 Å². The minimum Gasteiger partial charge on any atom is -0.340 e. The summed E-state index contributed by atoms with van der Waals surface area (Å²) in [5.41, 5.74) is 1.44. The van der Waals surface area contributed by atoms with E-state index in [4.69, 9.17) is 0 Å². The third kappa shape index (κ3) is 4.37. The molecule has 0 radical (unpaired) electrons. The van der Waals surface area contributed by atoms with Gasteiger partial charge in [0.15, 0.2) is 0 Å². The van der Waals surface area contributed by atoms with E-state index in [0.717, 1.165) is 10.6 Å². The molecule has 33 heavy (non-hydrogen) atoms. The fourth-order valence-electron chi connectivity index (χ4n) is 4.57. The maximum absolute atomic E-state index is 13.6. The molecule has 1 aromatic carbocycles. The monoisotopic (exact) mass is 448 g/mol. The second-order valence-electron chi connectivity index (χ2n) is 8.99. The number of nitrogens with zero attached hydrogens (tertiary/aromatic N) is 3. The first-order valence-electron chi connectivity index (χ1n) is 11.3. The summed E-state index contributed by atoms with van der Waals surface area (Å²) in [6, 6.07) is 11.1. The lowest BCUT2D eigenvalue weighted by atomic mass is 9.94. The van der Waals surface area contributed by atoms with Crippen LogP contribution in [0.1, 0.15) is 53.1 Å². The van der Waals surface area contributed by atoms with E-state index >= 15 is 0 Å². The van der Waals surface area contributed by atoms with Gasteiger partial charge in [-0.15, -0.1) is 0 Å². The summed E-state index contributed by atoms with van der Waals surface area (Å²) in [6.07, 6.45) is 1.32. The standard InChI is InChI=1S/C25H28N4O4/c1-15(2)21(29-23(31)18-10-4-5-11-19(18)24(29)32)25(33)28-13-7-9-17(14-28)22(30)27-20-12-6-8-16(3)26-20/h4-6,8,10-12,15,17,21H,7,9,13-14H2,1-3H3,(H,26,27,30). The smallest absolute Gasteiger partial charge is 0.262 e. The predicted octanol–water partition coefficient (Wildman–Crippen LogP) is 2.89. The van der Waals surface area contributed by atoms with Crippen molar-refractivity contribution in [2.75, 3.05) is 18.4 Å². The molecule has 3 heterocycles. The number of likely N-dealkylation sites (tertiary alicyclic amines) is 1. The lowest BCUT2D eigenvalue weighted by Gasteiger charge is -2.37. The molecule has 2 aliphatic heterocycles. The number of amides is 4. The van der Waals surface area contributed by atoms with Crippen LogP contribution >= 0.6 is 0 Å². The summed E-state index contributed by atoms with van der Waals surface area (Å²) in [6.45, 7) is 6.22. The van der Waals surface area contributed by atoms with Gasteiger partial charge in [0.1, 0.15) is 11.9 Å². The topological polar surface area (TPSA) is 99.7 Å². The highest BCUT2D eigenvalue weighted by atomic mass is 16.2. The number of aryl methyl sites for hydroxylation is 1. The van der Waals surface area contributed by atoms with Crippen LogP contribution in [0.15, 0.2) is 42.5 Å². The molecule has 1 fully saturated rings. The van der Waals surface area contributed by atoms with Crippen LogP contribution in [0.3, 0.4) is 0 Å². The van der Waals surface area contributed by atoms with Crippen molar-refractivity contribution in [3.63, 3.8) is 0 Å². The molecule has 0 saturated carbocycles. The number of benzene rings is 1. The Morgan fingerprint density at radius 1 is 1.03 bits per heavy atom. The molecule has 4 amide bonds. The van der Waals surface area contributed by atoms with Gasteiger partial charge < -0.3 is 10.2 Å². The lowest BCUT2D eigenvalue weighted by Crippen LogP contribution is -2.56. The second-order valence-corrected chi connectivity index (χ2v) is 8.99. The van der Waals surface area contributed by atoms with Crippen LogP contribution in [0, 0.1) is 18.8 Å². The van der Waals surface area contributed by atoms with Crippen molar-refractivity contribution in [1.82, 2.24) is 14.8 Å². The van der Waals surface area contributed by atoms with E-state index in [1.165, 1.54) is 0 Å². The molecule has 2 unspecified atom stereocenters. The van der Waals surface area contributed by atoms with Crippen LogP contribution in [0.4, 0.5) is 5.82 Å². The fraction of sp³-hybridized carbons (Fsp3) is 0.400. The molecule has 0 spiro atoms. The maximum Gasteiger partial charge on any atom is 0.262 e. The number of hydrogen-bond donors (Lipinski definition) is 1. The number of piperidine rings is 1. The first-order valence-corrected chi connectivity index (χ1v) is 11.3. The summed E-state index contributed by atoms with van der Waals surface area (Å²) in [4.78, 5) is 59.5. The average Bonchev–Trinajstić information content (AvgIpc) is 3.04. The molecule has 0 bridgehead atoms. The molecule has 1 aromatic heterocycles. The third-order valence-electron chi connectivity index (χ3n) is 6.23. The van der Waals surface area contributed by atoms with Gasteiger partial charge in [0, 0.05) is 18.8 Å². The van der Waals surface area contributed by atoms with Gasteiger partial charge in [0.25, 0.3) is 11.8 Å². The molecule has 2 aromatic rings. The van der Waals surface area contributed by atoms with E-state index < -0.39 is 17.9 Å². The van der Waals surface area contributed by atoms with Gasteiger partial charge in [-0.3, -0.25) is 24.1 Å². The van der Waals surface area contributed by atoms with Gasteiger partial charge >= 0.3 is 0 Å². The molecule has 8 nitrogen and oxygen atoms in total. The number of carbonyl (C=O) groups is 4. The Labute approximate surface area is 193 Å². The molecule has 4 rings (SSSR count). The van der Waals surface area contributed by atoms with Gasteiger partial charge in [-0.1, -0.05) is 32.0 Å². The number of carbonyl (C=O) groups excluding carboxylic acids is 4. The molecule has 1 N–H and O–H groups in total. The van der Waals surface area contributed by atoms with Crippen LogP contribution in [0.2, 0.25) is 0 Å². The van der Waals surface area contributed by atoms with Gasteiger partial charge in [-0.05, 0) is 49.9 Å². The first kappa shape index (κ1) is 22.6. The Kier molecular flexibility index (Phi) is 6.26. The van der Waals surface area contributed by atoms with Gasteiger partial charge in [0.05, 0.1) is 17.0 Å². The van der Waals surface area contributed by atoms with E-state index in [1.807, 2.05) is 32.9 Å². The van der Waals surface area contributed by atoms with Gasteiger partial charge in [-0.2, -0.15) is 0 Å². The maximum atomic E-state index is 13.6. The minimum atomic E-state index is -0.919. The second kappa shape index (κ2) is 9.13. The van der Waals surface area contributed by atoms with Crippen molar-refractivity contribution in [3.8, 4) is 0 Å². The van der Waals surface area contributed by atoms with Crippen LogP contribution in [-0.2, 0) is 9.59 Å². The van der Waals surface area contributed by atoms with Gasteiger partial charge in [-0.25, -0.2) is 4.98 Å². The number of aromatic nitrogens is 1. The predicted molar refractivity (Wildman–Crippen MR) is 122 cm³/mol. The Balaban J connectivity index is 1.50. The Morgan fingerprint density at radius 2 is 1.70 bits per heavy atom. The third-order valence-corrected chi connectivity index (χ3v) is 6.23. The highest BCUT2D eigenvalue weighted by Gasteiger charge is 2.45. The zero-order chi connectivity index (χ0) is 23.7. The van der Waals surface area contributed by atoms with Crippen molar-refractivity contribution in [2.24, 2.45) is 11.8 Å². The number of anilines is 1. The number of pyridine rings is 1. The fourth-order valence-corrected chi connectivity index (χ4v) is 4.57. The SMILES string of the molecule is Cc1cccc(NC(=O)C2CCCN(C(=O)C(C(C)C)N3C(=O)c4ccccc4C3=O)C2)n1. The molecule has 172 valence electrons. The van der Waals surface area contributed by atoms with Gasteiger partial charge in [0.2, 0.25) is 11.8 Å². The quantitative estimate of drug-likeness (QED) is 0.709. The molecular weight excluding hydrogens is 420 g/mol. The van der Waals surface area contributed by atoms with Crippen LogP contribution in [0.5, 0.6) is 0 Å². The molecule has 0 aliphatic carbocycles. The summed E-state index contributed by atoms with van der Waals surface area (Å²) < 4.78 is 0. The zero-order valence-corrected chi connectivity index (χ0v) is 19.1. The molecule has 8 heteroatoms. The number of fused-ring (bicyclic) bond motifs is 1. The normalized spacial score (nSPS) is 19.0. The number of hydrogen-bond acceptors (Lipinski definition) is 5. The number of rotatable bonds is 5. The lowest BCUT2D eigenvalue weighted by molar-refractivity contribution is -0.139. The van der Waals surface area contributed by atoms with Crippen molar-refractivity contribution >= 4 is 29.4 Å². The van der Waals surface area contributed by atoms with Crippen molar-refractivity contribution in [3.05, 3.63) is 59.3 Å². The van der Waals surface area contributed by atoms with Crippen LogP contribution in [0.25, 0.3) is 0 Å². The Bertz CT molecular complexity index is 1080. The Morgan fingerprint density at radius 3 is 2.30 bits per heavy atom. The molecule has 1 saturated heterocycles. The minimum absolute atomic E-state index is 0.188. The number of nitrogens with one attached hydrogen (secondary N) is 1. The van der Waals surface area contributed by atoms with E-state index in [-0.39, 0.29) is 30.2 Å². The Hall–Kier alpha value is -3.55. The van der Waals surface area contributed by atoms with E-state index in [9.17, 15) is 19.2 Å². The summed E-state index contributed by atoms with van der Waals surface area (Å²) in [7, 11) is 0. The summed E-state index contributed by atoms with van der Waals surface area (Å²) in [5.74, 6) is -1.56. The largest absolute Gasteiger partial charge is 0.340 e. The van der Waals surface area contributed by atoms with E-state index in [1.54, 1.807) is 35.2 Å². The summed E-state index contributed by atoms with van der Waals surface area (Å²) in [5, 5.41) is 2.84. The molecular formula is C25H28N4O4. The van der Waals surface area contributed by atoms with Crippen molar-refractivity contribution in [1.29, 1.82) is 0 Å². The summed E-state index contributed by atoms with van der Waals surface area (Å²) >= 11 is 0. The highest BCUT2D eigenvalue weighted by molar-refractivity contribution is 6.22. The molecule has 2 atom stereocenters. The van der Waals surface area contributed by atoms with E-state index in [0.29, 0.717) is 36.3 Å². The first-order chi connectivity index (χ1) is 15.8. The molecule has 2 aliphatic rings. The van der Waals surface area contributed by atoms with Crippen LogP contribution in [-0.4, -0.2) is 57.5 Å². The zero-order valence-electron chi connectivity index (χ0n) is 19.1. The average molecular weight is 449 g/mol.